The van der Waals surface area contributed by atoms with E-state index < -0.39 is 5.97 Å². The molecule has 0 radical (unpaired) electrons. The molecule has 1 aromatic carbocycles. The van der Waals surface area contributed by atoms with Gasteiger partial charge in [-0.25, -0.2) is 4.79 Å². The van der Waals surface area contributed by atoms with Crippen LogP contribution in [0.4, 0.5) is 0 Å². The van der Waals surface area contributed by atoms with Gasteiger partial charge in [-0.1, -0.05) is 12.1 Å². The molecule has 4 nitrogen and oxygen atoms in total. The Bertz CT molecular complexity index is 569. The Morgan fingerprint density at radius 3 is 3.00 bits per heavy atom. The lowest BCUT2D eigenvalue weighted by Gasteiger charge is -2.04. The van der Waals surface area contributed by atoms with E-state index in [2.05, 4.69) is 0 Å². The van der Waals surface area contributed by atoms with Crippen molar-refractivity contribution >= 4 is 16.9 Å². The molecule has 0 spiro atoms. The molecule has 0 unspecified atom stereocenters. The lowest BCUT2D eigenvalue weighted by molar-refractivity contribution is -0.131. The summed E-state index contributed by atoms with van der Waals surface area (Å²) in [5.41, 5.74) is 1.03. The first-order valence-electron chi connectivity index (χ1n) is 5.23. The minimum atomic E-state index is -0.931. The molecule has 0 bridgehead atoms. The summed E-state index contributed by atoms with van der Waals surface area (Å²) < 4.78 is 7.23. The van der Waals surface area contributed by atoms with Crippen LogP contribution in [0.15, 0.2) is 42.6 Å². The quantitative estimate of drug-likeness (QED) is 0.821. The monoisotopic (exact) mass is 231 g/mol. The van der Waals surface area contributed by atoms with Crippen molar-refractivity contribution in [2.45, 2.75) is 6.54 Å². The van der Waals surface area contributed by atoms with E-state index >= 15 is 0 Å². The van der Waals surface area contributed by atoms with Crippen molar-refractivity contribution in [1.29, 1.82) is 0 Å². The second-order valence-corrected chi connectivity index (χ2v) is 3.60. The highest BCUT2D eigenvalue weighted by atomic mass is 16.5. The minimum Gasteiger partial charge on any atom is -0.496 e. The SMILES string of the molecule is COc1cccc2c1ccn2C/C=C/C(=O)O. The summed E-state index contributed by atoms with van der Waals surface area (Å²) in [6, 6.07) is 7.76. The molecule has 0 saturated carbocycles. The smallest absolute Gasteiger partial charge is 0.328 e. The fourth-order valence-corrected chi connectivity index (χ4v) is 1.80. The van der Waals surface area contributed by atoms with Gasteiger partial charge in [0, 0.05) is 24.2 Å². The van der Waals surface area contributed by atoms with Gasteiger partial charge in [-0.2, -0.15) is 0 Å². The Kier molecular flexibility index (Phi) is 3.14. The molecule has 0 amide bonds. The maximum atomic E-state index is 10.4. The Labute approximate surface area is 98.7 Å². The van der Waals surface area contributed by atoms with Gasteiger partial charge in [0.2, 0.25) is 0 Å². The Hall–Kier alpha value is -2.23. The summed E-state index contributed by atoms with van der Waals surface area (Å²) in [6.45, 7) is 0.531. The van der Waals surface area contributed by atoms with Gasteiger partial charge in [-0.3, -0.25) is 0 Å². The van der Waals surface area contributed by atoms with Crippen molar-refractivity contribution in [3.05, 3.63) is 42.6 Å². The van der Waals surface area contributed by atoms with E-state index in [4.69, 9.17) is 9.84 Å². The number of allylic oxidation sites excluding steroid dienone is 1. The number of hydrogen-bond acceptors (Lipinski definition) is 2. The lowest BCUT2D eigenvalue weighted by atomic mass is 10.2. The number of benzene rings is 1. The summed E-state index contributed by atoms with van der Waals surface area (Å²) in [6.07, 6.45) is 4.67. The molecule has 0 fully saturated rings. The maximum absolute atomic E-state index is 10.4. The lowest BCUT2D eigenvalue weighted by Crippen LogP contribution is -1.94. The predicted molar refractivity (Wildman–Crippen MR) is 65.3 cm³/mol. The van der Waals surface area contributed by atoms with Crippen LogP contribution in [0.5, 0.6) is 5.75 Å². The fourth-order valence-electron chi connectivity index (χ4n) is 1.80. The molecule has 1 N–H and O–H groups in total. The number of carboxylic acid groups (broad SMARTS) is 1. The average molecular weight is 231 g/mol. The van der Waals surface area contributed by atoms with Crippen LogP contribution in [-0.2, 0) is 11.3 Å². The van der Waals surface area contributed by atoms with Crippen molar-refractivity contribution in [3.63, 3.8) is 0 Å². The third kappa shape index (κ3) is 2.30. The topological polar surface area (TPSA) is 51.5 Å². The second-order valence-electron chi connectivity index (χ2n) is 3.60. The van der Waals surface area contributed by atoms with Crippen LogP contribution in [-0.4, -0.2) is 22.8 Å². The molecule has 2 aromatic rings. The summed E-state index contributed by atoms with van der Waals surface area (Å²) in [5.74, 6) is -0.109. The molecule has 0 aliphatic carbocycles. The van der Waals surface area contributed by atoms with E-state index in [1.165, 1.54) is 0 Å². The van der Waals surface area contributed by atoms with E-state index in [9.17, 15) is 4.79 Å². The second kappa shape index (κ2) is 4.74. The van der Waals surface area contributed by atoms with Crippen molar-refractivity contribution in [1.82, 2.24) is 4.57 Å². The molecule has 0 aliphatic rings. The standard InChI is InChI=1S/C13H13NO3/c1-17-12-5-2-4-11-10(12)7-9-14(11)8-3-6-13(15)16/h2-7,9H,8H2,1H3,(H,15,16)/b6-3+. The molecule has 0 saturated heterocycles. The van der Waals surface area contributed by atoms with Gasteiger partial charge in [0.15, 0.2) is 0 Å². The van der Waals surface area contributed by atoms with Crippen LogP contribution < -0.4 is 4.74 Å². The zero-order valence-electron chi connectivity index (χ0n) is 9.46. The molecule has 0 aliphatic heterocycles. The summed E-state index contributed by atoms with van der Waals surface area (Å²) >= 11 is 0. The maximum Gasteiger partial charge on any atom is 0.328 e. The van der Waals surface area contributed by atoms with Gasteiger partial charge in [0.05, 0.1) is 12.6 Å². The molecule has 0 atom stereocenters. The van der Waals surface area contributed by atoms with E-state index in [1.54, 1.807) is 13.2 Å². The molecule has 17 heavy (non-hydrogen) atoms. The Morgan fingerprint density at radius 2 is 2.29 bits per heavy atom. The third-order valence-corrected chi connectivity index (χ3v) is 2.56. The Balaban J connectivity index is 2.33. The number of aliphatic carboxylic acids is 1. The minimum absolute atomic E-state index is 0.531. The van der Waals surface area contributed by atoms with Crippen molar-refractivity contribution in [2.75, 3.05) is 7.11 Å². The number of ether oxygens (including phenoxy) is 1. The van der Waals surface area contributed by atoms with Crippen LogP contribution in [0.2, 0.25) is 0 Å². The van der Waals surface area contributed by atoms with E-state index in [0.29, 0.717) is 6.54 Å². The van der Waals surface area contributed by atoms with E-state index in [-0.39, 0.29) is 0 Å². The van der Waals surface area contributed by atoms with Crippen molar-refractivity contribution in [3.8, 4) is 5.75 Å². The number of nitrogens with zero attached hydrogens (tertiary/aromatic N) is 1. The number of carboxylic acids is 1. The Morgan fingerprint density at radius 1 is 1.47 bits per heavy atom. The third-order valence-electron chi connectivity index (χ3n) is 2.56. The van der Waals surface area contributed by atoms with Gasteiger partial charge in [0.25, 0.3) is 0 Å². The first kappa shape index (κ1) is 11.3. The summed E-state index contributed by atoms with van der Waals surface area (Å²) in [7, 11) is 1.64. The number of hydrogen-bond donors (Lipinski definition) is 1. The zero-order valence-corrected chi connectivity index (χ0v) is 9.46. The highest BCUT2D eigenvalue weighted by molar-refractivity contribution is 5.86. The highest BCUT2D eigenvalue weighted by Crippen LogP contribution is 2.26. The van der Waals surface area contributed by atoms with Crippen LogP contribution in [0, 0.1) is 0 Å². The van der Waals surface area contributed by atoms with Crippen molar-refractivity contribution < 1.29 is 14.6 Å². The van der Waals surface area contributed by atoms with Gasteiger partial charge < -0.3 is 14.4 Å². The van der Waals surface area contributed by atoms with Crippen LogP contribution in [0.1, 0.15) is 0 Å². The van der Waals surface area contributed by atoms with E-state index in [1.807, 2.05) is 35.0 Å². The number of fused-ring (bicyclic) bond motifs is 1. The first-order chi connectivity index (χ1) is 8.22. The fraction of sp³-hybridized carbons (Fsp3) is 0.154. The molecule has 2 rings (SSSR count). The van der Waals surface area contributed by atoms with Gasteiger partial charge in [-0.05, 0) is 18.2 Å². The highest BCUT2D eigenvalue weighted by Gasteiger charge is 2.04. The normalized spacial score (nSPS) is 11.1. The zero-order chi connectivity index (χ0) is 12.3. The summed E-state index contributed by atoms with van der Waals surface area (Å²) in [5, 5.41) is 9.55. The van der Waals surface area contributed by atoms with Crippen LogP contribution in [0.25, 0.3) is 10.9 Å². The predicted octanol–water partition coefficient (Wildman–Crippen LogP) is 2.29. The molecule has 1 heterocycles. The molecule has 1 aromatic heterocycles. The first-order valence-corrected chi connectivity index (χ1v) is 5.23. The van der Waals surface area contributed by atoms with Crippen LogP contribution >= 0.6 is 0 Å². The van der Waals surface area contributed by atoms with Gasteiger partial charge in [0.1, 0.15) is 5.75 Å². The number of methoxy groups -OCH3 is 1. The largest absolute Gasteiger partial charge is 0.496 e. The molecule has 88 valence electrons. The van der Waals surface area contributed by atoms with Gasteiger partial charge >= 0.3 is 5.97 Å². The van der Waals surface area contributed by atoms with Crippen molar-refractivity contribution in [2.24, 2.45) is 0 Å². The van der Waals surface area contributed by atoms with Crippen LogP contribution in [0.3, 0.4) is 0 Å². The average Bonchev–Trinajstić information content (AvgIpc) is 2.72. The number of carbonyl (C=O) groups is 1. The molecule has 4 heteroatoms. The number of rotatable bonds is 4. The van der Waals surface area contributed by atoms with Gasteiger partial charge in [-0.15, -0.1) is 0 Å². The summed E-state index contributed by atoms with van der Waals surface area (Å²) in [4.78, 5) is 10.4. The molecular formula is C13H13NO3. The van der Waals surface area contributed by atoms with E-state index in [0.717, 1.165) is 22.7 Å². The molecular weight excluding hydrogens is 218 g/mol. The number of aromatic nitrogens is 1.